The third-order valence-corrected chi connectivity index (χ3v) is 8.12. The largest absolute Gasteiger partial charge is 0.396 e. The average molecular weight is 246 g/mol. The zero-order chi connectivity index (χ0) is 13.0. The first-order valence-electron chi connectivity index (χ1n) is 7.70. The van der Waals surface area contributed by atoms with Crippen molar-refractivity contribution in [2.75, 3.05) is 6.61 Å². The van der Waals surface area contributed by atoms with E-state index in [-0.39, 0.29) is 5.41 Å². The average Bonchev–Trinajstić information content (AvgIpc) is 2.55. The monoisotopic (exact) mass is 246 g/mol. The summed E-state index contributed by atoms with van der Waals surface area (Å²) in [5.74, 6) is 2.29. The highest BCUT2D eigenvalue weighted by Gasteiger charge is 2.90. The number of allylic oxidation sites excluding steroid dienone is 2. The van der Waals surface area contributed by atoms with Crippen molar-refractivity contribution >= 4 is 0 Å². The molecule has 0 radical (unpaired) electrons. The fourth-order valence-electron chi connectivity index (χ4n) is 7.41. The summed E-state index contributed by atoms with van der Waals surface area (Å²) in [7, 11) is 0. The summed E-state index contributed by atoms with van der Waals surface area (Å²) >= 11 is 0. The molecule has 0 aromatic carbocycles. The molecule has 100 valence electrons. The lowest BCUT2D eigenvalue weighted by Gasteiger charge is -2.45. The van der Waals surface area contributed by atoms with Crippen molar-refractivity contribution in [2.45, 2.75) is 47.0 Å². The van der Waals surface area contributed by atoms with Crippen LogP contribution in [0.4, 0.5) is 0 Å². The molecule has 0 aromatic heterocycles. The third-order valence-electron chi connectivity index (χ3n) is 8.12. The van der Waals surface area contributed by atoms with E-state index in [1.165, 1.54) is 19.3 Å². The highest BCUT2D eigenvalue weighted by atomic mass is 16.3. The van der Waals surface area contributed by atoms with Gasteiger partial charge in [0.1, 0.15) is 0 Å². The molecule has 3 fully saturated rings. The zero-order valence-electron chi connectivity index (χ0n) is 12.2. The molecule has 4 aliphatic rings. The van der Waals surface area contributed by atoms with Crippen molar-refractivity contribution in [3.63, 3.8) is 0 Å². The maximum atomic E-state index is 10.0. The van der Waals surface area contributed by atoms with Gasteiger partial charge in [-0.2, -0.15) is 0 Å². The standard InChI is InChI=1S/C17H26O/c1-11(2)12-5-7-17-8-6-13-15(17,4)16(13,10-18)9-14(12,17)3/h6,8,11-13,18H,5,7,9-10H2,1-4H3/t12-,13?,14-,15+,16?,17+/m1/s1. The van der Waals surface area contributed by atoms with Crippen LogP contribution in [0.1, 0.15) is 47.0 Å². The Kier molecular flexibility index (Phi) is 1.76. The molecule has 6 atom stereocenters. The summed E-state index contributed by atoms with van der Waals surface area (Å²) in [6.45, 7) is 10.2. The summed E-state index contributed by atoms with van der Waals surface area (Å²) in [6, 6.07) is 0. The van der Waals surface area contributed by atoms with Crippen LogP contribution in [-0.2, 0) is 0 Å². The van der Waals surface area contributed by atoms with Gasteiger partial charge >= 0.3 is 0 Å². The van der Waals surface area contributed by atoms with E-state index in [9.17, 15) is 5.11 Å². The van der Waals surface area contributed by atoms with Gasteiger partial charge in [0, 0.05) is 17.4 Å². The fourth-order valence-corrected chi connectivity index (χ4v) is 7.41. The van der Waals surface area contributed by atoms with E-state index in [0.29, 0.717) is 28.8 Å². The normalized spacial score (nSPS) is 63.4. The Labute approximate surface area is 111 Å². The van der Waals surface area contributed by atoms with Crippen LogP contribution in [0, 0.1) is 39.4 Å². The molecule has 0 aromatic rings. The van der Waals surface area contributed by atoms with Gasteiger partial charge in [0.2, 0.25) is 0 Å². The van der Waals surface area contributed by atoms with Crippen LogP contribution in [0.5, 0.6) is 0 Å². The lowest BCUT2D eigenvalue weighted by atomic mass is 9.59. The fraction of sp³-hybridized carbons (Fsp3) is 0.882. The van der Waals surface area contributed by atoms with Gasteiger partial charge in [-0.1, -0.05) is 39.8 Å². The molecule has 0 aliphatic heterocycles. The Morgan fingerprint density at radius 2 is 2.06 bits per heavy atom. The smallest absolute Gasteiger partial charge is 0.0499 e. The Morgan fingerprint density at radius 3 is 2.67 bits per heavy atom. The molecule has 3 saturated carbocycles. The van der Waals surface area contributed by atoms with Crippen LogP contribution in [0.25, 0.3) is 0 Å². The highest BCUT2D eigenvalue weighted by Crippen LogP contribution is 2.94. The summed E-state index contributed by atoms with van der Waals surface area (Å²) in [6.07, 6.45) is 9.04. The molecule has 1 nitrogen and oxygen atoms in total. The number of aliphatic hydroxyl groups is 1. The molecule has 4 rings (SSSR count). The molecule has 0 saturated heterocycles. The van der Waals surface area contributed by atoms with Crippen LogP contribution < -0.4 is 0 Å². The summed E-state index contributed by atoms with van der Waals surface area (Å²) in [5.41, 5.74) is 1.46. The van der Waals surface area contributed by atoms with E-state index in [1.807, 2.05) is 0 Å². The van der Waals surface area contributed by atoms with E-state index in [1.54, 1.807) is 0 Å². The van der Waals surface area contributed by atoms with E-state index in [2.05, 4.69) is 39.8 Å². The maximum absolute atomic E-state index is 10.0. The van der Waals surface area contributed by atoms with Gasteiger partial charge in [0.15, 0.2) is 0 Å². The second kappa shape index (κ2) is 2.75. The topological polar surface area (TPSA) is 20.2 Å². The Morgan fingerprint density at radius 1 is 1.33 bits per heavy atom. The van der Waals surface area contributed by atoms with Crippen LogP contribution in [0.3, 0.4) is 0 Å². The Hall–Kier alpha value is -0.300. The number of rotatable bonds is 2. The minimum atomic E-state index is 0.240. The van der Waals surface area contributed by atoms with E-state index in [4.69, 9.17) is 0 Å². The molecule has 4 aliphatic carbocycles. The lowest BCUT2D eigenvalue weighted by Crippen LogP contribution is -2.39. The molecule has 0 amide bonds. The van der Waals surface area contributed by atoms with Crippen molar-refractivity contribution < 1.29 is 5.11 Å². The highest BCUT2D eigenvalue weighted by molar-refractivity contribution is 5.47. The zero-order valence-corrected chi connectivity index (χ0v) is 12.2. The number of fused-ring (bicyclic) bond motifs is 1. The summed E-state index contributed by atoms with van der Waals surface area (Å²) < 4.78 is 0. The third kappa shape index (κ3) is 0.740. The Bertz CT molecular complexity index is 453. The van der Waals surface area contributed by atoms with Crippen molar-refractivity contribution in [3.05, 3.63) is 12.2 Å². The number of hydrogen-bond donors (Lipinski definition) is 1. The second-order valence-corrected chi connectivity index (χ2v) is 8.31. The summed E-state index contributed by atoms with van der Waals surface area (Å²) in [5, 5.41) is 10.0. The van der Waals surface area contributed by atoms with Crippen LogP contribution in [0.15, 0.2) is 12.2 Å². The molecule has 0 bridgehead atoms. The number of hydrogen-bond acceptors (Lipinski definition) is 1. The SMILES string of the molecule is CC(C)[C@H]1CC[C@]23C=CC4C(CO)(C[C@]12C)[C@]43C. The maximum Gasteiger partial charge on any atom is 0.0499 e. The Balaban J connectivity index is 1.88. The first-order chi connectivity index (χ1) is 8.40. The minimum absolute atomic E-state index is 0.240. The van der Waals surface area contributed by atoms with Crippen molar-refractivity contribution in [1.29, 1.82) is 0 Å². The van der Waals surface area contributed by atoms with Crippen LogP contribution in [0.2, 0.25) is 0 Å². The van der Waals surface area contributed by atoms with Gasteiger partial charge in [-0.3, -0.25) is 0 Å². The van der Waals surface area contributed by atoms with Gasteiger partial charge < -0.3 is 5.11 Å². The first-order valence-corrected chi connectivity index (χ1v) is 7.70. The van der Waals surface area contributed by atoms with Gasteiger partial charge in [0.05, 0.1) is 0 Å². The predicted molar refractivity (Wildman–Crippen MR) is 73.0 cm³/mol. The molecule has 1 N–H and O–H groups in total. The van der Waals surface area contributed by atoms with E-state index < -0.39 is 0 Å². The molecule has 1 heteroatoms. The molecule has 0 heterocycles. The second-order valence-electron chi connectivity index (χ2n) is 8.31. The molecule has 2 unspecified atom stereocenters. The van der Waals surface area contributed by atoms with Crippen molar-refractivity contribution in [1.82, 2.24) is 0 Å². The van der Waals surface area contributed by atoms with E-state index >= 15 is 0 Å². The van der Waals surface area contributed by atoms with E-state index in [0.717, 1.165) is 11.8 Å². The predicted octanol–water partition coefficient (Wildman–Crippen LogP) is 3.63. The molecular formula is C17H26O. The van der Waals surface area contributed by atoms with Gasteiger partial charge in [-0.25, -0.2) is 0 Å². The minimum Gasteiger partial charge on any atom is -0.396 e. The van der Waals surface area contributed by atoms with Crippen LogP contribution >= 0.6 is 0 Å². The lowest BCUT2D eigenvalue weighted by molar-refractivity contribution is 0.0507. The quantitative estimate of drug-likeness (QED) is 0.738. The van der Waals surface area contributed by atoms with Gasteiger partial charge in [-0.15, -0.1) is 0 Å². The summed E-state index contributed by atoms with van der Waals surface area (Å²) in [4.78, 5) is 0. The van der Waals surface area contributed by atoms with Gasteiger partial charge in [-0.05, 0) is 47.8 Å². The molecule has 1 spiro atoms. The first kappa shape index (κ1) is 11.5. The van der Waals surface area contributed by atoms with Crippen LogP contribution in [-0.4, -0.2) is 11.7 Å². The van der Waals surface area contributed by atoms with Crippen molar-refractivity contribution in [2.24, 2.45) is 39.4 Å². The number of aliphatic hydroxyl groups excluding tert-OH is 1. The molecule has 18 heavy (non-hydrogen) atoms. The molecular weight excluding hydrogens is 220 g/mol. The van der Waals surface area contributed by atoms with Crippen molar-refractivity contribution in [3.8, 4) is 0 Å². The van der Waals surface area contributed by atoms with Gasteiger partial charge in [0.25, 0.3) is 0 Å².